The van der Waals surface area contributed by atoms with E-state index in [2.05, 4.69) is 34.6 Å². The van der Waals surface area contributed by atoms with E-state index < -0.39 is 0 Å². The van der Waals surface area contributed by atoms with Crippen LogP contribution in [0.1, 0.15) is 5.69 Å². The number of nitrogens with zero attached hydrogens (tertiary/aromatic N) is 2. The molecule has 3 aromatic rings. The summed E-state index contributed by atoms with van der Waals surface area (Å²) in [4.78, 5) is 1.24. The minimum Gasteiger partial charge on any atom is -0.266 e. The molecule has 0 saturated heterocycles. The average molecular weight is 314 g/mol. The van der Waals surface area contributed by atoms with Crippen molar-refractivity contribution >= 4 is 21.4 Å². The molecule has 0 aliphatic carbocycles. The molecule has 0 spiro atoms. The minimum absolute atomic E-state index is 0. The van der Waals surface area contributed by atoms with E-state index in [-0.39, 0.29) is 32.7 Å². The Morgan fingerprint density at radius 2 is 1.94 bits per heavy atom. The first kappa shape index (κ1) is 12.8. The number of benzene rings is 1. The Kier molecular flexibility index (Phi) is 4.02. The fourth-order valence-electron chi connectivity index (χ4n) is 1.69. The molecule has 4 heteroatoms. The molecule has 0 saturated carbocycles. The molecule has 0 unspecified atom stereocenters. The van der Waals surface area contributed by atoms with Gasteiger partial charge >= 0.3 is 0 Å². The van der Waals surface area contributed by atoms with Crippen molar-refractivity contribution in [2.45, 2.75) is 6.92 Å². The maximum absolute atomic E-state index is 4.02. The first-order valence-electron chi connectivity index (χ1n) is 5.04. The van der Waals surface area contributed by atoms with Gasteiger partial charge in [-0.15, -0.1) is 22.3 Å². The van der Waals surface area contributed by atoms with Gasteiger partial charge in [0.05, 0.1) is 0 Å². The fraction of sp³-hybridized carbons (Fsp3) is 0.0769. The largest absolute Gasteiger partial charge is 0.266 e. The molecule has 0 fully saturated rings. The second-order valence-electron chi connectivity index (χ2n) is 3.62. The first-order chi connectivity index (χ1) is 7.84. The first-order valence-corrected chi connectivity index (χ1v) is 5.86. The van der Waals surface area contributed by atoms with Crippen LogP contribution in [0.5, 0.6) is 0 Å². The Labute approximate surface area is 129 Å². The summed E-state index contributed by atoms with van der Waals surface area (Å²) in [6.45, 7) is 1.98. The number of hydrogen-bond acceptors (Lipinski definition) is 3. The van der Waals surface area contributed by atoms with Gasteiger partial charge in [0, 0.05) is 37.6 Å². The second-order valence-corrected chi connectivity index (χ2v) is 4.67. The number of aromatic nitrogens is 2. The summed E-state index contributed by atoms with van der Waals surface area (Å²) in [6.07, 6.45) is 2.94. The third kappa shape index (κ3) is 2.46. The van der Waals surface area contributed by atoms with Gasteiger partial charge in [-0.1, -0.05) is 30.3 Å². The molecule has 3 rings (SSSR count). The Morgan fingerprint density at radius 3 is 2.65 bits per heavy atom. The third-order valence-corrected chi connectivity index (χ3v) is 3.62. The Morgan fingerprint density at radius 1 is 1.18 bits per heavy atom. The Balaban J connectivity index is 0.00000108. The molecule has 0 aliphatic heterocycles. The molecule has 2 aromatic heterocycles. The molecule has 0 amide bonds. The zero-order valence-corrected chi connectivity index (χ0v) is 13.0. The van der Waals surface area contributed by atoms with Gasteiger partial charge in [-0.3, -0.25) is 5.10 Å². The topological polar surface area (TPSA) is 25.8 Å². The van der Waals surface area contributed by atoms with Crippen LogP contribution in [0, 0.1) is 13.1 Å². The molecular weight excluding hydrogens is 305 g/mol. The summed E-state index contributed by atoms with van der Waals surface area (Å²) in [5.74, 6) is 0. The van der Waals surface area contributed by atoms with Gasteiger partial charge in [0.1, 0.15) is 0 Å². The van der Waals surface area contributed by atoms with Crippen molar-refractivity contribution in [1.82, 2.24) is 10.2 Å². The number of rotatable bonds is 1. The van der Waals surface area contributed by atoms with E-state index in [4.69, 9.17) is 0 Å². The van der Waals surface area contributed by atoms with E-state index in [1.165, 1.54) is 10.4 Å². The van der Waals surface area contributed by atoms with Gasteiger partial charge in [0.25, 0.3) is 0 Å². The van der Waals surface area contributed by atoms with Crippen LogP contribution < -0.4 is 0 Å². The monoisotopic (exact) mass is 314 g/mol. The van der Waals surface area contributed by atoms with Gasteiger partial charge < -0.3 is 0 Å². The van der Waals surface area contributed by atoms with Gasteiger partial charge in [-0.05, 0) is 18.2 Å². The van der Waals surface area contributed by atoms with Crippen molar-refractivity contribution in [2.75, 3.05) is 0 Å². The summed E-state index contributed by atoms with van der Waals surface area (Å²) >= 11 is 1.71. The zero-order chi connectivity index (χ0) is 11.0. The number of fused-ring (bicyclic) bond motifs is 1. The molecule has 0 aliphatic rings. The maximum Gasteiger partial charge on any atom is 0.0147 e. The SMILES string of the molecule is Cc1nn[c-]c2sc(-c3ccccc3)cc12.[Y]. The smallest absolute Gasteiger partial charge is 0.0147 e. The average Bonchev–Trinajstić information content (AvgIpc) is 2.76. The predicted molar refractivity (Wildman–Crippen MR) is 66.4 cm³/mol. The normalized spacial score (nSPS) is 10.2. The summed E-state index contributed by atoms with van der Waals surface area (Å²) < 4.78 is 1.08. The van der Waals surface area contributed by atoms with Crippen molar-refractivity contribution in [1.29, 1.82) is 0 Å². The number of hydrogen-bond donors (Lipinski definition) is 0. The van der Waals surface area contributed by atoms with Crippen LogP contribution in [0.4, 0.5) is 0 Å². The van der Waals surface area contributed by atoms with Crippen molar-refractivity contribution in [2.24, 2.45) is 0 Å². The summed E-state index contributed by atoms with van der Waals surface area (Å²) in [5.41, 5.74) is 2.20. The quantitative estimate of drug-likeness (QED) is 0.643. The summed E-state index contributed by atoms with van der Waals surface area (Å²) in [7, 11) is 0. The van der Waals surface area contributed by atoms with E-state index >= 15 is 0 Å². The fourth-order valence-corrected chi connectivity index (χ4v) is 2.74. The van der Waals surface area contributed by atoms with Gasteiger partial charge in [-0.2, -0.15) is 16.4 Å². The summed E-state index contributed by atoms with van der Waals surface area (Å²) in [6, 6.07) is 12.5. The predicted octanol–water partition coefficient (Wildman–Crippen LogP) is 3.46. The second kappa shape index (κ2) is 5.34. The summed E-state index contributed by atoms with van der Waals surface area (Å²) in [5, 5.41) is 9.02. The Hall–Kier alpha value is -0.636. The molecule has 1 aromatic carbocycles. The molecule has 17 heavy (non-hydrogen) atoms. The molecule has 0 atom stereocenters. The van der Waals surface area contributed by atoms with Gasteiger partial charge in [0.15, 0.2) is 0 Å². The number of aryl methyl sites for hydroxylation is 1. The molecule has 2 heterocycles. The van der Waals surface area contributed by atoms with E-state index in [0.717, 1.165) is 15.8 Å². The molecular formula is C13H9N2SY-. The molecule has 1 radical (unpaired) electrons. The number of thiophene rings is 1. The van der Waals surface area contributed by atoms with Crippen LogP contribution in [-0.4, -0.2) is 10.2 Å². The van der Waals surface area contributed by atoms with E-state index in [9.17, 15) is 0 Å². The molecule has 81 valence electrons. The van der Waals surface area contributed by atoms with Crippen LogP contribution in [0.2, 0.25) is 0 Å². The van der Waals surface area contributed by atoms with Crippen LogP contribution >= 0.6 is 11.3 Å². The minimum atomic E-state index is 0. The van der Waals surface area contributed by atoms with Crippen molar-refractivity contribution in [3.8, 4) is 10.4 Å². The van der Waals surface area contributed by atoms with Crippen LogP contribution in [0.25, 0.3) is 20.5 Å². The maximum atomic E-state index is 4.02. The molecule has 0 bridgehead atoms. The van der Waals surface area contributed by atoms with E-state index in [1.807, 2.05) is 25.1 Å². The van der Waals surface area contributed by atoms with Crippen molar-refractivity contribution < 1.29 is 32.7 Å². The van der Waals surface area contributed by atoms with Gasteiger partial charge in [-0.25, -0.2) is 0 Å². The van der Waals surface area contributed by atoms with Crippen molar-refractivity contribution in [3.05, 3.63) is 48.3 Å². The van der Waals surface area contributed by atoms with Crippen LogP contribution in [0.3, 0.4) is 0 Å². The standard InChI is InChI=1S/C13H9N2S.Y/c1-9-11-7-12(10-5-3-2-4-6-10)16-13(11)8-14-15-9;/h2-7H,1H3;/q-1;. The van der Waals surface area contributed by atoms with Gasteiger partial charge in [0.2, 0.25) is 0 Å². The molecule has 0 N–H and O–H groups in total. The molecule has 2 nitrogen and oxygen atoms in total. The van der Waals surface area contributed by atoms with Crippen molar-refractivity contribution in [3.63, 3.8) is 0 Å². The van der Waals surface area contributed by atoms with Crippen LogP contribution in [-0.2, 0) is 32.7 Å². The third-order valence-electron chi connectivity index (χ3n) is 2.53. The van der Waals surface area contributed by atoms with Crippen LogP contribution in [0.15, 0.2) is 36.4 Å². The van der Waals surface area contributed by atoms with E-state index in [0.29, 0.717) is 0 Å². The Bertz CT molecular complexity index is 634. The van der Waals surface area contributed by atoms with E-state index in [1.54, 1.807) is 11.3 Å². The zero-order valence-electron chi connectivity index (χ0n) is 9.34.